The van der Waals surface area contributed by atoms with Crippen LogP contribution in [0.4, 0.5) is 0 Å². The van der Waals surface area contributed by atoms with Gasteiger partial charge in [0.05, 0.1) is 18.8 Å². The minimum Gasteiger partial charge on any atom is -0.350 e. The van der Waals surface area contributed by atoms with Crippen LogP contribution in [-0.4, -0.2) is 39.6 Å². The summed E-state index contributed by atoms with van der Waals surface area (Å²) in [6, 6.07) is 20.1. The molecule has 0 unspecified atom stereocenters. The second-order valence-corrected chi connectivity index (χ2v) is 7.25. The van der Waals surface area contributed by atoms with E-state index in [4.69, 9.17) is 5.10 Å². The van der Waals surface area contributed by atoms with Gasteiger partial charge in [-0.25, -0.2) is 0 Å². The predicted octanol–water partition coefficient (Wildman–Crippen LogP) is 2.84. The molecule has 0 bridgehead atoms. The molecule has 6 heteroatoms. The summed E-state index contributed by atoms with van der Waals surface area (Å²) in [5, 5.41) is 7.72. The molecular weight excluding hydrogens is 364 g/mol. The lowest BCUT2D eigenvalue weighted by atomic mass is 10.1. The van der Waals surface area contributed by atoms with Gasteiger partial charge >= 0.3 is 0 Å². The maximum atomic E-state index is 12.3. The van der Waals surface area contributed by atoms with Crippen molar-refractivity contribution in [1.29, 1.82) is 0 Å². The van der Waals surface area contributed by atoms with Gasteiger partial charge in [-0.1, -0.05) is 60.7 Å². The largest absolute Gasteiger partial charge is 0.350 e. The molecular formula is C23H24N4O2. The number of nitrogens with zero attached hydrogens (tertiary/aromatic N) is 3. The van der Waals surface area contributed by atoms with Crippen molar-refractivity contribution in [3.05, 3.63) is 78.0 Å². The van der Waals surface area contributed by atoms with Crippen LogP contribution in [0.2, 0.25) is 0 Å². The highest BCUT2D eigenvalue weighted by atomic mass is 16.2. The molecule has 29 heavy (non-hydrogen) atoms. The molecule has 0 radical (unpaired) electrons. The number of carbonyl (C=O) groups excluding carboxylic acids is 2. The quantitative estimate of drug-likeness (QED) is 0.677. The van der Waals surface area contributed by atoms with E-state index in [0.717, 1.165) is 28.8 Å². The molecule has 1 fully saturated rings. The molecule has 0 aliphatic carbocycles. The van der Waals surface area contributed by atoms with Crippen LogP contribution in [0, 0.1) is 0 Å². The van der Waals surface area contributed by atoms with E-state index >= 15 is 0 Å². The van der Waals surface area contributed by atoms with Gasteiger partial charge in [0.15, 0.2) is 0 Å². The highest BCUT2D eigenvalue weighted by Crippen LogP contribution is 2.22. The van der Waals surface area contributed by atoms with E-state index in [9.17, 15) is 9.59 Å². The Hall–Kier alpha value is -3.41. The van der Waals surface area contributed by atoms with E-state index in [1.165, 1.54) is 0 Å². The normalized spacial score (nSPS) is 13.7. The molecule has 2 amide bonds. The lowest BCUT2D eigenvalue weighted by Crippen LogP contribution is -2.37. The van der Waals surface area contributed by atoms with E-state index in [0.29, 0.717) is 26.1 Å². The zero-order valence-corrected chi connectivity index (χ0v) is 16.3. The molecule has 3 aromatic rings. The Bertz CT molecular complexity index is 983. The minimum atomic E-state index is -0.143. The van der Waals surface area contributed by atoms with E-state index in [1.807, 2.05) is 59.4 Å². The molecule has 148 valence electrons. The first-order valence-electron chi connectivity index (χ1n) is 9.89. The van der Waals surface area contributed by atoms with Crippen LogP contribution >= 0.6 is 0 Å². The SMILES string of the molecule is O=C(CN1CCCC1=O)NCc1cn(Cc2ccccc2)nc1-c1ccccc1. The summed E-state index contributed by atoms with van der Waals surface area (Å²) in [6.45, 7) is 1.82. The van der Waals surface area contributed by atoms with Gasteiger partial charge in [0.25, 0.3) is 0 Å². The third kappa shape index (κ3) is 4.71. The van der Waals surface area contributed by atoms with E-state index in [-0.39, 0.29) is 18.4 Å². The van der Waals surface area contributed by atoms with Crippen LogP contribution in [0.5, 0.6) is 0 Å². The molecule has 1 aliphatic rings. The van der Waals surface area contributed by atoms with Crippen molar-refractivity contribution in [3.63, 3.8) is 0 Å². The van der Waals surface area contributed by atoms with Crippen molar-refractivity contribution in [1.82, 2.24) is 20.0 Å². The number of carbonyl (C=O) groups is 2. The molecule has 0 atom stereocenters. The van der Waals surface area contributed by atoms with Crippen molar-refractivity contribution < 1.29 is 9.59 Å². The Morgan fingerprint density at radius 3 is 2.45 bits per heavy atom. The predicted molar refractivity (Wildman–Crippen MR) is 111 cm³/mol. The van der Waals surface area contributed by atoms with Crippen molar-refractivity contribution in [2.45, 2.75) is 25.9 Å². The number of likely N-dealkylation sites (tertiary alicyclic amines) is 1. The number of amides is 2. The van der Waals surface area contributed by atoms with Crippen LogP contribution in [-0.2, 0) is 22.7 Å². The highest BCUT2D eigenvalue weighted by molar-refractivity contribution is 5.85. The first-order valence-corrected chi connectivity index (χ1v) is 9.89. The first-order chi connectivity index (χ1) is 14.2. The van der Waals surface area contributed by atoms with E-state index in [1.54, 1.807) is 4.90 Å². The maximum Gasteiger partial charge on any atom is 0.239 e. The fourth-order valence-corrected chi connectivity index (χ4v) is 3.58. The average molecular weight is 388 g/mol. The molecule has 1 N–H and O–H groups in total. The minimum absolute atomic E-state index is 0.0563. The summed E-state index contributed by atoms with van der Waals surface area (Å²) in [5.41, 5.74) is 3.99. The van der Waals surface area contributed by atoms with Crippen LogP contribution in [0.25, 0.3) is 11.3 Å². The fourth-order valence-electron chi connectivity index (χ4n) is 3.58. The van der Waals surface area contributed by atoms with E-state index in [2.05, 4.69) is 17.4 Å². The summed E-state index contributed by atoms with van der Waals surface area (Å²) in [4.78, 5) is 25.7. The lowest BCUT2D eigenvalue weighted by molar-refractivity contribution is -0.133. The Balaban J connectivity index is 1.49. The summed E-state index contributed by atoms with van der Waals surface area (Å²) in [6.07, 6.45) is 3.35. The van der Waals surface area contributed by atoms with E-state index < -0.39 is 0 Å². The maximum absolute atomic E-state index is 12.3. The van der Waals surface area contributed by atoms with Crippen LogP contribution in [0.3, 0.4) is 0 Å². The molecule has 2 heterocycles. The van der Waals surface area contributed by atoms with Gasteiger partial charge in [-0.2, -0.15) is 5.10 Å². The third-order valence-corrected chi connectivity index (χ3v) is 5.05. The molecule has 1 saturated heterocycles. The fraction of sp³-hybridized carbons (Fsp3) is 0.261. The molecule has 1 aliphatic heterocycles. The average Bonchev–Trinajstić information content (AvgIpc) is 3.34. The van der Waals surface area contributed by atoms with Crippen molar-refractivity contribution in [2.24, 2.45) is 0 Å². The van der Waals surface area contributed by atoms with Gasteiger partial charge in [0.2, 0.25) is 11.8 Å². The van der Waals surface area contributed by atoms with Crippen molar-refractivity contribution in [2.75, 3.05) is 13.1 Å². The number of hydrogen-bond donors (Lipinski definition) is 1. The van der Waals surface area contributed by atoms with Crippen LogP contribution in [0.15, 0.2) is 66.9 Å². The standard InChI is InChI=1S/C23H24N4O2/c28-21(17-26-13-7-12-22(26)29)24-14-20-16-27(15-18-8-3-1-4-9-18)25-23(20)19-10-5-2-6-11-19/h1-6,8-11,16H,7,12-15,17H2,(H,24,28). The van der Waals surface area contributed by atoms with Gasteiger partial charge in [-0.05, 0) is 12.0 Å². The number of nitrogens with one attached hydrogen (secondary N) is 1. The highest BCUT2D eigenvalue weighted by Gasteiger charge is 2.22. The molecule has 2 aromatic carbocycles. The van der Waals surface area contributed by atoms with Gasteiger partial charge in [-0.3, -0.25) is 14.3 Å². The molecule has 1 aromatic heterocycles. The number of hydrogen-bond acceptors (Lipinski definition) is 3. The zero-order chi connectivity index (χ0) is 20.1. The lowest BCUT2D eigenvalue weighted by Gasteiger charge is -2.14. The van der Waals surface area contributed by atoms with Crippen LogP contribution < -0.4 is 5.32 Å². The molecule has 0 saturated carbocycles. The third-order valence-electron chi connectivity index (χ3n) is 5.05. The summed E-state index contributed by atoms with van der Waals surface area (Å²) in [5.74, 6) is -0.0872. The Morgan fingerprint density at radius 1 is 1.03 bits per heavy atom. The molecule has 0 spiro atoms. The zero-order valence-electron chi connectivity index (χ0n) is 16.3. The molecule has 4 rings (SSSR count). The topological polar surface area (TPSA) is 67.2 Å². The molecule has 6 nitrogen and oxygen atoms in total. The summed E-state index contributed by atoms with van der Waals surface area (Å²) < 4.78 is 1.91. The van der Waals surface area contributed by atoms with Crippen molar-refractivity contribution in [3.8, 4) is 11.3 Å². The van der Waals surface area contributed by atoms with Gasteiger partial charge in [0.1, 0.15) is 0 Å². The first kappa shape index (κ1) is 18.9. The second kappa shape index (κ2) is 8.73. The number of rotatable bonds is 7. The van der Waals surface area contributed by atoms with Crippen molar-refractivity contribution >= 4 is 11.8 Å². The number of benzene rings is 2. The Labute approximate surface area is 170 Å². The summed E-state index contributed by atoms with van der Waals surface area (Å²) in [7, 11) is 0. The van der Waals surface area contributed by atoms with Gasteiger partial charge in [0, 0.05) is 36.8 Å². The van der Waals surface area contributed by atoms with Gasteiger partial charge < -0.3 is 10.2 Å². The summed E-state index contributed by atoms with van der Waals surface area (Å²) >= 11 is 0. The monoisotopic (exact) mass is 388 g/mol. The second-order valence-electron chi connectivity index (χ2n) is 7.25. The van der Waals surface area contributed by atoms with Gasteiger partial charge in [-0.15, -0.1) is 0 Å². The Kier molecular flexibility index (Phi) is 5.70. The smallest absolute Gasteiger partial charge is 0.239 e. The number of aromatic nitrogens is 2. The Morgan fingerprint density at radius 2 is 1.76 bits per heavy atom. The van der Waals surface area contributed by atoms with Crippen LogP contribution in [0.1, 0.15) is 24.0 Å².